The van der Waals surface area contributed by atoms with Gasteiger partial charge in [0.1, 0.15) is 6.04 Å². The fourth-order valence-corrected chi connectivity index (χ4v) is 10.0. The number of likely N-dealkylation sites (tertiary alicyclic amines) is 1. The van der Waals surface area contributed by atoms with E-state index in [2.05, 4.69) is 17.1 Å². The molecule has 2 amide bonds. The number of carboxylic acid groups (broad SMARTS) is 1. The number of aliphatic carboxylic acids is 1. The molecule has 0 spiro atoms. The monoisotopic (exact) mass is 498 g/mol. The molecule has 2 aromatic rings. The number of imide groups is 1. The zero-order valence-electron chi connectivity index (χ0n) is 18.8. The molecule has 2 aliphatic heterocycles. The summed E-state index contributed by atoms with van der Waals surface area (Å²) >= 11 is 2.89. The van der Waals surface area contributed by atoms with Crippen LogP contribution >= 0.6 is 23.1 Å². The van der Waals surface area contributed by atoms with Crippen molar-refractivity contribution in [1.29, 1.82) is 0 Å². The summed E-state index contributed by atoms with van der Waals surface area (Å²) in [6, 6.07) is 8.99. The summed E-state index contributed by atoms with van der Waals surface area (Å²) in [5.41, 5.74) is 1.12. The molecule has 9 heteroatoms. The Hall–Kier alpha value is -2.39. The van der Waals surface area contributed by atoms with Gasteiger partial charge in [-0.25, -0.2) is 4.79 Å². The lowest BCUT2D eigenvalue weighted by Crippen LogP contribution is -2.47. The van der Waals surface area contributed by atoms with E-state index in [4.69, 9.17) is 0 Å². The van der Waals surface area contributed by atoms with Crippen molar-refractivity contribution in [1.82, 2.24) is 9.88 Å². The van der Waals surface area contributed by atoms with Gasteiger partial charge in [0.2, 0.25) is 11.8 Å². The van der Waals surface area contributed by atoms with Gasteiger partial charge in [-0.1, -0.05) is 55.5 Å². The van der Waals surface area contributed by atoms with E-state index in [0.29, 0.717) is 0 Å². The molecule has 1 aromatic heterocycles. The number of nitrogens with one attached hydrogen (secondary N) is 1. The van der Waals surface area contributed by atoms with Gasteiger partial charge >= 0.3 is 10.8 Å². The van der Waals surface area contributed by atoms with Gasteiger partial charge in [0.15, 0.2) is 0 Å². The van der Waals surface area contributed by atoms with Crippen LogP contribution in [0.1, 0.15) is 43.0 Å². The molecule has 1 aromatic carbocycles. The molecule has 2 bridgehead atoms. The van der Waals surface area contributed by atoms with Crippen molar-refractivity contribution < 1.29 is 19.5 Å². The molecule has 3 fully saturated rings. The molecule has 2 N–H and O–H groups in total. The van der Waals surface area contributed by atoms with Crippen molar-refractivity contribution in [2.45, 2.75) is 48.9 Å². The first-order chi connectivity index (χ1) is 16.3. The van der Waals surface area contributed by atoms with Crippen LogP contribution in [0.25, 0.3) is 0 Å². The lowest BCUT2D eigenvalue weighted by Gasteiger charge is -2.43. The molecule has 6 rings (SSSR count). The van der Waals surface area contributed by atoms with Gasteiger partial charge in [0.05, 0.1) is 16.9 Å². The second kappa shape index (κ2) is 7.81. The molecular formula is C25H26N2O5S2. The van der Waals surface area contributed by atoms with Gasteiger partial charge in [-0.3, -0.25) is 19.3 Å². The third-order valence-electron chi connectivity index (χ3n) is 8.21. The molecular weight excluding hydrogens is 472 g/mol. The number of rotatable bonds is 5. The summed E-state index contributed by atoms with van der Waals surface area (Å²) in [5.74, 6) is -2.48. The van der Waals surface area contributed by atoms with E-state index >= 15 is 0 Å². The third-order valence-corrected chi connectivity index (χ3v) is 10.8. The number of aromatic amines is 1. The Labute approximate surface area is 204 Å². The van der Waals surface area contributed by atoms with Gasteiger partial charge in [0.25, 0.3) is 0 Å². The Morgan fingerprint density at radius 3 is 2.44 bits per heavy atom. The minimum atomic E-state index is -1.11. The zero-order valence-corrected chi connectivity index (χ0v) is 20.5. The van der Waals surface area contributed by atoms with Crippen molar-refractivity contribution >= 4 is 40.9 Å². The van der Waals surface area contributed by atoms with Crippen LogP contribution in [0.2, 0.25) is 0 Å². The first kappa shape index (κ1) is 22.1. The number of carbonyl (C=O) groups excluding carboxylic acids is 2. The lowest BCUT2D eigenvalue weighted by atomic mass is 9.68. The highest BCUT2D eigenvalue weighted by Crippen LogP contribution is 2.68. The second-order valence-electron chi connectivity index (χ2n) is 10.4. The first-order valence-corrected chi connectivity index (χ1v) is 13.5. The molecule has 8 atom stereocenters. The topological polar surface area (TPSA) is 108 Å². The van der Waals surface area contributed by atoms with E-state index in [1.165, 1.54) is 11.3 Å². The first-order valence-electron chi connectivity index (χ1n) is 11.8. The largest absolute Gasteiger partial charge is 0.480 e. The Morgan fingerprint density at radius 2 is 1.79 bits per heavy atom. The normalized spacial score (nSPS) is 34.3. The van der Waals surface area contributed by atoms with E-state index in [9.17, 15) is 24.3 Å². The van der Waals surface area contributed by atoms with Crippen LogP contribution in [0.4, 0.5) is 0 Å². The highest BCUT2D eigenvalue weighted by molar-refractivity contribution is 8.00. The average Bonchev–Trinajstić information content (AvgIpc) is 3.51. The van der Waals surface area contributed by atoms with Gasteiger partial charge in [0, 0.05) is 16.0 Å². The molecule has 34 heavy (non-hydrogen) atoms. The van der Waals surface area contributed by atoms with E-state index < -0.39 is 23.8 Å². The SMILES string of the molecule is CC(C)C[C@H](C(=O)O)N1C(=O)[C@@H]2[C@H]3C[C@@H]([C@@H]2C1=O)[C@@H]1[C@@H](c2ccccc2)c2sc(=O)[nH]c2S[C@H]31. The maximum atomic E-state index is 13.7. The van der Waals surface area contributed by atoms with Crippen LogP contribution in [-0.2, 0) is 14.4 Å². The fraction of sp³-hybridized carbons (Fsp3) is 0.520. The number of aromatic nitrogens is 1. The molecule has 1 saturated heterocycles. The van der Waals surface area contributed by atoms with Crippen LogP contribution in [0.5, 0.6) is 0 Å². The Balaban J connectivity index is 1.42. The molecule has 4 aliphatic rings. The number of thioether (sulfide) groups is 1. The van der Waals surface area contributed by atoms with E-state index in [1.54, 1.807) is 11.8 Å². The number of fused-ring (bicyclic) bond motifs is 9. The van der Waals surface area contributed by atoms with Crippen LogP contribution in [0.15, 0.2) is 40.2 Å². The minimum absolute atomic E-state index is 0.00185. The van der Waals surface area contributed by atoms with E-state index in [1.807, 2.05) is 32.0 Å². The highest BCUT2D eigenvalue weighted by Gasteiger charge is 2.70. The van der Waals surface area contributed by atoms with Crippen molar-refractivity contribution in [3.8, 4) is 0 Å². The molecule has 7 nitrogen and oxygen atoms in total. The van der Waals surface area contributed by atoms with Crippen LogP contribution in [-0.4, -0.2) is 44.1 Å². The zero-order chi connectivity index (χ0) is 23.9. The van der Waals surface area contributed by atoms with Crippen LogP contribution in [0.3, 0.4) is 0 Å². The fourth-order valence-electron chi connectivity index (χ4n) is 7.14. The number of H-pyrrole nitrogens is 1. The summed E-state index contributed by atoms with van der Waals surface area (Å²) in [4.78, 5) is 56.6. The average molecular weight is 499 g/mol. The van der Waals surface area contributed by atoms with Crippen LogP contribution < -0.4 is 4.87 Å². The second-order valence-corrected chi connectivity index (χ2v) is 12.6. The summed E-state index contributed by atoms with van der Waals surface area (Å²) in [6.07, 6.45) is 1.06. The molecule has 178 valence electrons. The number of hydrogen-bond donors (Lipinski definition) is 2. The maximum absolute atomic E-state index is 13.7. The minimum Gasteiger partial charge on any atom is -0.480 e. The van der Waals surface area contributed by atoms with Gasteiger partial charge < -0.3 is 10.1 Å². The predicted octanol–water partition coefficient (Wildman–Crippen LogP) is 3.41. The lowest BCUT2D eigenvalue weighted by molar-refractivity contribution is -0.156. The van der Waals surface area contributed by atoms with E-state index in [-0.39, 0.29) is 57.9 Å². The summed E-state index contributed by atoms with van der Waals surface area (Å²) in [5, 5.41) is 10.9. The Morgan fingerprint density at radius 1 is 1.12 bits per heavy atom. The molecule has 0 unspecified atom stereocenters. The number of hydrogen-bond acceptors (Lipinski definition) is 6. The maximum Gasteiger partial charge on any atom is 0.326 e. The predicted molar refractivity (Wildman–Crippen MR) is 128 cm³/mol. The Bertz CT molecular complexity index is 1240. The number of thiazole rings is 1. The van der Waals surface area contributed by atoms with Crippen molar-refractivity contribution in [3.05, 3.63) is 50.4 Å². The third kappa shape index (κ3) is 3.02. The summed E-state index contributed by atoms with van der Waals surface area (Å²) < 4.78 is 0. The number of benzene rings is 1. The van der Waals surface area contributed by atoms with Crippen molar-refractivity contribution in [2.75, 3.05) is 0 Å². The van der Waals surface area contributed by atoms with Gasteiger partial charge in [-0.2, -0.15) is 0 Å². The number of carboxylic acids is 1. The summed E-state index contributed by atoms with van der Waals surface area (Å²) in [6.45, 7) is 3.81. The summed E-state index contributed by atoms with van der Waals surface area (Å²) in [7, 11) is 0. The highest BCUT2D eigenvalue weighted by atomic mass is 32.2. The molecule has 2 aliphatic carbocycles. The number of nitrogens with zero attached hydrogens (tertiary/aromatic N) is 1. The number of carbonyl (C=O) groups is 3. The smallest absolute Gasteiger partial charge is 0.326 e. The molecule has 3 heterocycles. The van der Waals surface area contributed by atoms with Crippen molar-refractivity contribution in [2.24, 2.45) is 35.5 Å². The van der Waals surface area contributed by atoms with Gasteiger partial charge in [-0.15, -0.1) is 11.8 Å². The number of amides is 2. The standard InChI is InChI=1S/C25H26N2O5S2/c1-10(2)8-14(24(30)31)27-22(28)17-12-9-13(18(17)23(27)29)19-16(12)15(11-6-4-3-5-7-11)20-21(33-19)26-25(32)34-20/h3-7,10,12-19H,8-9H2,1-2H3,(H,26,32)(H,30,31)/t12-,13-,14-,15-,16-,17+,18-,19-/m1/s1. The molecule has 0 radical (unpaired) electrons. The Kier molecular flexibility index (Phi) is 5.08. The molecule has 2 saturated carbocycles. The quantitative estimate of drug-likeness (QED) is 0.612. The van der Waals surface area contributed by atoms with Gasteiger partial charge in [-0.05, 0) is 42.1 Å². The van der Waals surface area contributed by atoms with E-state index in [0.717, 1.165) is 26.8 Å². The van der Waals surface area contributed by atoms with Crippen LogP contribution in [0, 0.1) is 35.5 Å². The van der Waals surface area contributed by atoms with Crippen molar-refractivity contribution in [3.63, 3.8) is 0 Å².